The Bertz CT molecular complexity index is 2000. The lowest BCUT2D eigenvalue weighted by molar-refractivity contribution is -0.161. The van der Waals surface area contributed by atoms with E-state index < -0.39 is 77.5 Å². The van der Waals surface area contributed by atoms with Gasteiger partial charge in [0, 0.05) is 29.6 Å². The molecule has 4 atom stereocenters. The molecule has 0 radical (unpaired) electrons. The number of nitrogens with one attached hydrogen (secondary N) is 2. The van der Waals surface area contributed by atoms with Gasteiger partial charge in [0.05, 0.1) is 12.5 Å². The van der Waals surface area contributed by atoms with Crippen molar-refractivity contribution in [1.82, 2.24) is 20.1 Å². The molecular formula is C41H47F2N5O8. The van der Waals surface area contributed by atoms with Crippen LogP contribution in [0.5, 0.6) is 0 Å². The topological polar surface area (TPSA) is 193 Å². The largest absolute Gasteiger partial charge is 0.480 e. The summed E-state index contributed by atoms with van der Waals surface area (Å²) in [7, 11) is 0. The smallest absolute Gasteiger partial charge is 0.408 e. The van der Waals surface area contributed by atoms with Crippen LogP contribution in [0.1, 0.15) is 63.4 Å². The van der Waals surface area contributed by atoms with E-state index in [-0.39, 0.29) is 25.1 Å². The van der Waals surface area contributed by atoms with Crippen molar-refractivity contribution >= 4 is 29.8 Å². The highest BCUT2D eigenvalue weighted by Gasteiger charge is 2.42. The van der Waals surface area contributed by atoms with E-state index in [1.54, 1.807) is 42.6 Å². The van der Waals surface area contributed by atoms with E-state index in [2.05, 4.69) is 10.6 Å². The van der Waals surface area contributed by atoms with E-state index in [0.29, 0.717) is 28.3 Å². The molecule has 15 heteroatoms. The van der Waals surface area contributed by atoms with Gasteiger partial charge >= 0.3 is 18.0 Å². The molecule has 6 N–H and O–H groups in total. The number of aliphatic carboxylic acids is 2. The van der Waals surface area contributed by atoms with Crippen LogP contribution in [-0.2, 0) is 37.1 Å². The summed E-state index contributed by atoms with van der Waals surface area (Å²) in [6, 6.07) is 17.2. The minimum absolute atomic E-state index is 0.0478. The summed E-state index contributed by atoms with van der Waals surface area (Å²) >= 11 is 0. The van der Waals surface area contributed by atoms with Gasteiger partial charge in [0.1, 0.15) is 36.4 Å². The van der Waals surface area contributed by atoms with Gasteiger partial charge in [-0.05, 0) is 60.7 Å². The molecule has 0 unspecified atom stereocenters. The Morgan fingerprint density at radius 3 is 2.05 bits per heavy atom. The van der Waals surface area contributed by atoms with Crippen LogP contribution in [0.2, 0.25) is 0 Å². The Hall–Kier alpha value is -6.09. The second-order valence-corrected chi connectivity index (χ2v) is 14.5. The van der Waals surface area contributed by atoms with E-state index in [1.165, 1.54) is 6.92 Å². The lowest BCUT2D eigenvalue weighted by Gasteiger charge is -2.37. The van der Waals surface area contributed by atoms with E-state index in [1.807, 2.05) is 55.7 Å². The number of carboxylic acids is 2. The van der Waals surface area contributed by atoms with Crippen molar-refractivity contribution in [3.05, 3.63) is 120 Å². The van der Waals surface area contributed by atoms with Gasteiger partial charge in [-0.2, -0.15) is 0 Å². The standard InChI is InChI=1S/C41H47F2N5O8/c1-25(46-40(55)56-24-27-13-9-6-10-14-27)37(50)48(34(39(53)54)21-35(44)49)32(38(51)52)17-18-45-36(41(2,3)4)33-19-28(30-20-29(42)15-16-31(30)43)23-47(33)22-26-11-7-5-8-12-26/h5-16,19-20,23,25,32,34,36,45H,17-18,21-22,24H2,1-4H3,(H2,44,49)(H,46,55)(H,51,52)(H,53,54)/t25-,32-,34-,36-/m0/s1. The molecule has 4 aromatic rings. The molecule has 1 aromatic heterocycles. The van der Waals surface area contributed by atoms with Crippen LogP contribution in [0, 0.1) is 17.0 Å². The summed E-state index contributed by atoms with van der Waals surface area (Å²) in [6.45, 7) is 7.12. The fourth-order valence-corrected chi connectivity index (χ4v) is 6.40. The van der Waals surface area contributed by atoms with E-state index in [4.69, 9.17) is 10.5 Å². The average molecular weight is 776 g/mol. The minimum atomic E-state index is -1.99. The summed E-state index contributed by atoms with van der Waals surface area (Å²) in [5.74, 6) is -6.70. The zero-order valence-corrected chi connectivity index (χ0v) is 31.6. The fourth-order valence-electron chi connectivity index (χ4n) is 6.40. The zero-order chi connectivity index (χ0) is 41.2. The molecule has 0 fully saturated rings. The Morgan fingerprint density at radius 1 is 0.875 bits per heavy atom. The monoisotopic (exact) mass is 775 g/mol. The van der Waals surface area contributed by atoms with Crippen LogP contribution >= 0.6 is 0 Å². The number of nitrogens with two attached hydrogens (primary N) is 1. The van der Waals surface area contributed by atoms with Crippen molar-refractivity contribution in [2.45, 2.75) is 77.9 Å². The van der Waals surface area contributed by atoms with Crippen LogP contribution in [0.15, 0.2) is 91.1 Å². The van der Waals surface area contributed by atoms with E-state index >= 15 is 4.39 Å². The van der Waals surface area contributed by atoms with Crippen molar-refractivity contribution in [3.8, 4) is 11.1 Å². The highest BCUT2D eigenvalue weighted by molar-refractivity contribution is 5.94. The average Bonchev–Trinajstić information content (AvgIpc) is 3.54. The second kappa shape index (κ2) is 19.0. The summed E-state index contributed by atoms with van der Waals surface area (Å²) in [5, 5.41) is 26.2. The van der Waals surface area contributed by atoms with Crippen LogP contribution < -0.4 is 16.4 Å². The number of carbonyl (C=O) groups is 5. The SMILES string of the molecule is C[C@H](NC(=O)OCc1ccccc1)C(=O)N([C@@H](CCN[C@@H](c1cc(-c2cc(F)ccc2F)cn1Cc1ccccc1)C(C)(C)C)C(=O)O)[C@@H](CC(N)=O)C(=O)O. The molecule has 0 saturated heterocycles. The first-order chi connectivity index (χ1) is 26.5. The van der Waals surface area contributed by atoms with Crippen LogP contribution in [0.25, 0.3) is 11.1 Å². The Kier molecular flexibility index (Phi) is 14.5. The van der Waals surface area contributed by atoms with E-state index in [0.717, 1.165) is 23.8 Å². The molecule has 1 heterocycles. The fraction of sp³-hybridized carbons (Fsp3) is 0.341. The van der Waals surface area contributed by atoms with Crippen molar-refractivity contribution in [2.75, 3.05) is 6.54 Å². The number of carbonyl (C=O) groups excluding carboxylic acids is 3. The molecule has 298 valence electrons. The maximum atomic E-state index is 15.0. The summed E-state index contributed by atoms with van der Waals surface area (Å²) < 4.78 is 36.4. The van der Waals surface area contributed by atoms with E-state index in [9.17, 15) is 38.6 Å². The summed E-state index contributed by atoms with van der Waals surface area (Å²) in [6.07, 6.45) is -0.567. The number of amides is 3. The molecule has 0 aliphatic heterocycles. The lowest BCUT2D eigenvalue weighted by atomic mass is 9.84. The number of aromatic nitrogens is 1. The zero-order valence-electron chi connectivity index (χ0n) is 31.6. The molecule has 13 nitrogen and oxygen atoms in total. The molecule has 3 amide bonds. The van der Waals surface area contributed by atoms with Crippen molar-refractivity contribution < 1.29 is 47.7 Å². The lowest BCUT2D eigenvalue weighted by Crippen LogP contribution is -2.60. The molecule has 56 heavy (non-hydrogen) atoms. The number of ether oxygens (including phenoxy) is 1. The van der Waals surface area contributed by atoms with Gasteiger partial charge in [0.15, 0.2) is 0 Å². The molecule has 0 aliphatic carbocycles. The number of primary amides is 1. The molecular weight excluding hydrogens is 728 g/mol. The number of carboxylic acid groups (broad SMARTS) is 2. The number of hydrogen-bond acceptors (Lipinski definition) is 7. The number of halogens is 2. The maximum Gasteiger partial charge on any atom is 0.408 e. The quantitative estimate of drug-likeness (QED) is 0.0871. The number of hydrogen-bond donors (Lipinski definition) is 5. The number of benzene rings is 3. The first-order valence-electron chi connectivity index (χ1n) is 17.9. The Morgan fingerprint density at radius 2 is 1.48 bits per heavy atom. The van der Waals surface area contributed by atoms with Crippen molar-refractivity contribution in [1.29, 1.82) is 0 Å². The van der Waals surface area contributed by atoms with Gasteiger partial charge < -0.3 is 40.8 Å². The summed E-state index contributed by atoms with van der Waals surface area (Å²) in [4.78, 5) is 64.4. The van der Waals surface area contributed by atoms with Gasteiger partial charge in [-0.25, -0.2) is 23.2 Å². The van der Waals surface area contributed by atoms with Crippen molar-refractivity contribution in [2.24, 2.45) is 11.1 Å². The minimum Gasteiger partial charge on any atom is -0.480 e. The third-order valence-corrected chi connectivity index (χ3v) is 9.10. The molecule has 0 spiro atoms. The molecule has 0 bridgehead atoms. The van der Waals surface area contributed by atoms with Crippen molar-refractivity contribution in [3.63, 3.8) is 0 Å². The Labute approximate surface area is 323 Å². The number of alkyl carbamates (subject to hydrolysis) is 1. The predicted octanol–water partition coefficient (Wildman–Crippen LogP) is 5.47. The third kappa shape index (κ3) is 11.5. The second-order valence-electron chi connectivity index (χ2n) is 14.5. The Balaban J connectivity index is 1.64. The highest BCUT2D eigenvalue weighted by atomic mass is 19.1. The van der Waals surface area contributed by atoms with Gasteiger partial charge in [-0.3, -0.25) is 9.59 Å². The van der Waals surface area contributed by atoms with Crippen LogP contribution in [-0.4, -0.2) is 74.2 Å². The molecule has 0 saturated carbocycles. The first-order valence-corrected chi connectivity index (χ1v) is 17.9. The third-order valence-electron chi connectivity index (χ3n) is 9.10. The van der Waals surface area contributed by atoms with Gasteiger partial charge in [-0.15, -0.1) is 0 Å². The molecule has 0 aliphatic rings. The summed E-state index contributed by atoms with van der Waals surface area (Å²) in [5.41, 5.74) is 7.46. The van der Waals surface area contributed by atoms with Gasteiger partial charge in [0.2, 0.25) is 11.8 Å². The van der Waals surface area contributed by atoms with Gasteiger partial charge in [0.25, 0.3) is 0 Å². The molecule has 4 rings (SSSR count). The number of rotatable bonds is 18. The van der Waals surface area contributed by atoms with Gasteiger partial charge in [-0.1, -0.05) is 81.4 Å². The highest BCUT2D eigenvalue weighted by Crippen LogP contribution is 2.37. The normalized spacial score (nSPS) is 13.5. The maximum absolute atomic E-state index is 15.0. The molecule has 3 aromatic carbocycles. The predicted molar refractivity (Wildman–Crippen MR) is 203 cm³/mol. The van der Waals surface area contributed by atoms with Crippen LogP contribution in [0.3, 0.4) is 0 Å². The van der Waals surface area contributed by atoms with Crippen LogP contribution in [0.4, 0.5) is 13.6 Å². The first kappa shape index (κ1) is 42.6. The number of nitrogens with zero attached hydrogens (tertiary/aromatic N) is 2.